The first kappa shape index (κ1) is 19.8. The molecule has 0 aliphatic carbocycles. The van der Waals surface area contributed by atoms with Gasteiger partial charge in [-0.1, -0.05) is 35.9 Å². The molecule has 1 aromatic heterocycles. The summed E-state index contributed by atoms with van der Waals surface area (Å²) in [7, 11) is 0.257. The molecule has 3 aromatic carbocycles. The Bertz CT molecular complexity index is 1290. The maximum absolute atomic E-state index is 13.2. The number of nitrogens with one attached hydrogen (secondary N) is 2. The molecule has 0 aliphatic rings. The smallest absolute Gasteiger partial charge is 0.262 e. The number of H-pyrrole nitrogens is 1. The minimum Gasteiger partial charge on any atom is -0.361 e. The fourth-order valence-corrected chi connectivity index (χ4v) is 5.13. The molecule has 4 aromatic rings. The molecule has 0 radical (unpaired) electrons. The van der Waals surface area contributed by atoms with Crippen molar-refractivity contribution >= 4 is 49.0 Å². The molecular formula is C22H22ClN3O2S. The Morgan fingerprint density at radius 3 is 2.59 bits per heavy atom. The molecule has 4 rings (SSSR count). The third-order valence-corrected chi connectivity index (χ3v) is 6.69. The SMILES string of the molecule is CN(C)CCc1c[nH]c2ccc(NS(=O)(=O)c3cccc4cccc(Cl)c34)cc12. The number of rotatable bonds is 6. The van der Waals surface area contributed by atoms with Gasteiger partial charge < -0.3 is 9.88 Å². The predicted octanol–water partition coefficient (Wildman–Crippen LogP) is 4.88. The summed E-state index contributed by atoms with van der Waals surface area (Å²) in [5.41, 5.74) is 2.66. The molecule has 0 atom stereocenters. The second kappa shape index (κ2) is 7.71. The zero-order valence-corrected chi connectivity index (χ0v) is 17.8. The summed E-state index contributed by atoms with van der Waals surface area (Å²) >= 11 is 6.32. The Labute approximate surface area is 175 Å². The summed E-state index contributed by atoms with van der Waals surface area (Å²) in [5, 5.41) is 2.74. The predicted molar refractivity (Wildman–Crippen MR) is 120 cm³/mol. The summed E-state index contributed by atoms with van der Waals surface area (Å²) in [6.07, 6.45) is 2.86. The third kappa shape index (κ3) is 3.96. The third-order valence-electron chi connectivity index (χ3n) is 4.95. The number of benzene rings is 3. The first-order chi connectivity index (χ1) is 13.8. The van der Waals surface area contributed by atoms with Crippen LogP contribution < -0.4 is 4.72 Å². The number of nitrogens with zero attached hydrogens (tertiary/aromatic N) is 1. The van der Waals surface area contributed by atoms with Crippen molar-refractivity contribution in [2.75, 3.05) is 25.4 Å². The lowest BCUT2D eigenvalue weighted by Crippen LogP contribution is -2.15. The van der Waals surface area contributed by atoms with Crippen LogP contribution in [0.2, 0.25) is 5.02 Å². The van der Waals surface area contributed by atoms with E-state index in [4.69, 9.17) is 11.6 Å². The Morgan fingerprint density at radius 2 is 1.83 bits per heavy atom. The summed E-state index contributed by atoms with van der Waals surface area (Å²) < 4.78 is 29.0. The van der Waals surface area contributed by atoms with Crippen molar-refractivity contribution in [1.29, 1.82) is 0 Å². The van der Waals surface area contributed by atoms with E-state index < -0.39 is 10.0 Å². The summed E-state index contributed by atoms with van der Waals surface area (Å²) in [6, 6.07) is 16.0. The normalized spacial score (nSPS) is 12.1. The highest BCUT2D eigenvalue weighted by molar-refractivity contribution is 7.93. The standard InChI is InChI=1S/C22H22ClN3O2S/c1-26(2)12-11-16-14-24-20-10-9-17(13-18(16)20)25-29(27,28)21-8-4-6-15-5-3-7-19(23)22(15)21/h3-10,13-14,24-25H,11-12H2,1-2H3. The fraction of sp³-hybridized carbons (Fsp3) is 0.182. The van der Waals surface area contributed by atoms with Crippen LogP contribution in [0.1, 0.15) is 5.56 Å². The van der Waals surface area contributed by atoms with Crippen molar-refractivity contribution in [3.05, 3.63) is 71.4 Å². The van der Waals surface area contributed by atoms with Gasteiger partial charge in [-0.15, -0.1) is 0 Å². The van der Waals surface area contributed by atoms with Gasteiger partial charge in [0.15, 0.2) is 0 Å². The quantitative estimate of drug-likeness (QED) is 0.461. The van der Waals surface area contributed by atoms with Gasteiger partial charge in [-0.05, 0) is 61.8 Å². The molecule has 0 amide bonds. The Kier molecular flexibility index (Phi) is 5.25. The highest BCUT2D eigenvalue weighted by atomic mass is 35.5. The average Bonchev–Trinajstić information content (AvgIpc) is 3.08. The molecule has 29 heavy (non-hydrogen) atoms. The minimum atomic E-state index is -3.81. The lowest BCUT2D eigenvalue weighted by Gasteiger charge is -2.12. The number of sulfonamides is 1. The van der Waals surface area contributed by atoms with Gasteiger partial charge in [-0.25, -0.2) is 8.42 Å². The van der Waals surface area contributed by atoms with Crippen molar-refractivity contribution in [3.63, 3.8) is 0 Å². The fourth-order valence-electron chi connectivity index (χ4n) is 3.49. The second-order valence-corrected chi connectivity index (χ2v) is 9.39. The van der Waals surface area contributed by atoms with Crippen LogP contribution in [-0.4, -0.2) is 38.9 Å². The minimum absolute atomic E-state index is 0.169. The van der Waals surface area contributed by atoms with Crippen LogP contribution >= 0.6 is 11.6 Å². The van der Waals surface area contributed by atoms with Gasteiger partial charge in [0, 0.05) is 39.7 Å². The van der Waals surface area contributed by atoms with Gasteiger partial charge in [0.25, 0.3) is 10.0 Å². The number of fused-ring (bicyclic) bond motifs is 2. The van der Waals surface area contributed by atoms with Gasteiger partial charge in [0.1, 0.15) is 0 Å². The second-order valence-electron chi connectivity index (χ2n) is 7.33. The monoisotopic (exact) mass is 427 g/mol. The number of aromatic amines is 1. The highest BCUT2D eigenvalue weighted by Crippen LogP contribution is 2.31. The Morgan fingerprint density at radius 1 is 1.07 bits per heavy atom. The van der Waals surface area contributed by atoms with Gasteiger partial charge in [-0.2, -0.15) is 0 Å². The van der Waals surface area contributed by atoms with Crippen molar-refractivity contribution in [3.8, 4) is 0 Å². The Hall–Kier alpha value is -2.54. The molecule has 2 N–H and O–H groups in total. The molecular weight excluding hydrogens is 406 g/mol. The van der Waals surface area contributed by atoms with Crippen molar-refractivity contribution < 1.29 is 8.42 Å². The molecule has 0 saturated heterocycles. The van der Waals surface area contributed by atoms with E-state index in [9.17, 15) is 8.42 Å². The van der Waals surface area contributed by atoms with Crippen molar-refractivity contribution in [1.82, 2.24) is 9.88 Å². The van der Waals surface area contributed by atoms with Crippen LogP contribution in [0.3, 0.4) is 0 Å². The number of aromatic nitrogens is 1. The molecule has 0 fully saturated rings. The van der Waals surface area contributed by atoms with E-state index in [-0.39, 0.29) is 4.90 Å². The number of likely N-dealkylation sites (N-methyl/N-ethyl adjacent to an activating group) is 1. The lowest BCUT2D eigenvalue weighted by atomic mass is 10.1. The highest BCUT2D eigenvalue weighted by Gasteiger charge is 2.19. The number of hydrogen-bond acceptors (Lipinski definition) is 3. The molecule has 7 heteroatoms. The maximum atomic E-state index is 13.2. The summed E-state index contributed by atoms with van der Waals surface area (Å²) in [4.78, 5) is 5.54. The van der Waals surface area contributed by atoms with E-state index >= 15 is 0 Å². The van der Waals surface area contributed by atoms with Crippen LogP contribution in [-0.2, 0) is 16.4 Å². The molecule has 5 nitrogen and oxygen atoms in total. The zero-order valence-electron chi connectivity index (χ0n) is 16.2. The molecule has 0 aliphatic heterocycles. The largest absolute Gasteiger partial charge is 0.361 e. The molecule has 0 bridgehead atoms. The van der Waals surface area contributed by atoms with Gasteiger partial charge in [0.2, 0.25) is 0 Å². The zero-order chi connectivity index (χ0) is 20.6. The Balaban J connectivity index is 1.72. The van der Waals surface area contributed by atoms with Crippen LogP contribution in [0.4, 0.5) is 5.69 Å². The topological polar surface area (TPSA) is 65.2 Å². The van der Waals surface area contributed by atoms with Gasteiger partial charge in [-0.3, -0.25) is 4.72 Å². The van der Waals surface area contributed by atoms with Crippen molar-refractivity contribution in [2.24, 2.45) is 0 Å². The maximum Gasteiger partial charge on any atom is 0.262 e. The first-order valence-electron chi connectivity index (χ1n) is 9.30. The van der Waals surface area contributed by atoms with E-state index in [0.29, 0.717) is 16.1 Å². The van der Waals surface area contributed by atoms with E-state index in [1.807, 2.05) is 50.6 Å². The van der Waals surface area contributed by atoms with Crippen molar-refractivity contribution in [2.45, 2.75) is 11.3 Å². The average molecular weight is 428 g/mol. The van der Waals surface area contributed by atoms with Crippen LogP contribution in [0.25, 0.3) is 21.7 Å². The molecule has 1 heterocycles. The number of halogens is 1. The lowest BCUT2D eigenvalue weighted by molar-refractivity contribution is 0.414. The van der Waals surface area contributed by atoms with E-state index in [1.54, 1.807) is 24.3 Å². The van der Waals surface area contributed by atoms with Gasteiger partial charge >= 0.3 is 0 Å². The molecule has 0 unspecified atom stereocenters. The molecule has 150 valence electrons. The van der Waals surface area contributed by atoms with E-state index in [0.717, 1.165) is 34.8 Å². The summed E-state index contributed by atoms with van der Waals surface area (Å²) in [6.45, 7) is 0.914. The first-order valence-corrected chi connectivity index (χ1v) is 11.2. The van der Waals surface area contributed by atoms with E-state index in [1.165, 1.54) is 0 Å². The van der Waals surface area contributed by atoms with Crippen LogP contribution in [0.5, 0.6) is 0 Å². The number of anilines is 1. The van der Waals surface area contributed by atoms with Crippen LogP contribution in [0, 0.1) is 0 Å². The van der Waals surface area contributed by atoms with Gasteiger partial charge in [0.05, 0.1) is 4.90 Å². The number of hydrogen-bond donors (Lipinski definition) is 2. The van der Waals surface area contributed by atoms with E-state index in [2.05, 4.69) is 14.6 Å². The molecule has 0 spiro atoms. The summed E-state index contributed by atoms with van der Waals surface area (Å²) in [5.74, 6) is 0. The molecule has 0 saturated carbocycles. The van der Waals surface area contributed by atoms with Crippen LogP contribution in [0.15, 0.2) is 65.7 Å².